The van der Waals surface area contributed by atoms with Crippen molar-refractivity contribution in [3.63, 3.8) is 0 Å². The highest BCUT2D eigenvalue weighted by molar-refractivity contribution is 5.86. The van der Waals surface area contributed by atoms with Crippen molar-refractivity contribution in [1.29, 1.82) is 0 Å². The van der Waals surface area contributed by atoms with Crippen LogP contribution in [0.15, 0.2) is 36.5 Å². The Bertz CT molecular complexity index is 869. The van der Waals surface area contributed by atoms with E-state index in [1.54, 1.807) is 12.3 Å². The van der Waals surface area contributed by atoms with Crippen molar-refractivity contribution >= 4 is 16.9 Å². The summed E-state index contributed by atoms with van der Waals surface area (Å²) in [6.07, 6.45) is 1.70. The monoisotopic (exact) mass is 326 g/mol. The van der Waals surface area contributed by atoms with Gasteiger partial charge in [-0.15, -0.1) is 0 Å². The average Bonchev–Trinajstić information content (AvgIpc) is 2.56. The Hall–Kier alpha value is -2.76. The van der Waals surface area contributed by atoms with Gasteiger partial charge in [-0.25, -0.2) is 19.3 Å². The molecule has 1 aromatic carbocycles. The number of hydrogen-bond acceptors (Lipinski definition) is 5. The number of aryl methyl sites for hydroxylation is 1. The van der Waals surface area contributed by atoms with Gasteiger partial charge in [-0.1, -0.05) is 6.07 Å². The molecule has 0 aliphatic heterocycles. The van der Waals surface area contributed by atoms with Crippen LogP contribution < -0.4 is 10.1 Å². The molecule has 0 radical (unpaired) electrons. The second kappa shape index (κ2) is 6.78. The van der Waals surface area contributed by atoms with Gasteiger partial charge in [0, 0.05) is 6.20 Å². The number of anilines is 1. The van der Waals surface area contributed by atoms with Crippen LogP contribution in [0.25, 0.3) is 11.0 Å². The molecule has 0 aliphatic carbocycles. The maximum atomic E-state index is 14.1. The predicted molar refractivity (Wildman–Crippen MR) is 91.7 cm³/mol. The summed E-state index contributed by atoms with van der Waals surface area (Å²) in [5, 5.41) is 4.16. The molecule has 124 valence electrons. The molecule has 3 rings (SSSR count). The highest BCUT2D eigenvalue weighted by Crippen LogP contribution is 2.26. The largest absolute Gasteiger partial charge is 0.491 e. The number of aromatic nitrogens is 3. The van der Waals surface area contributed by atoms with Crippen LogP contribution in [-0.2, 0) is 0 Å². The van der Waals surface area contributed by atoms with Crippen molar-refractivity contribution in [1.82, 2.24) is 15.0 Å². The van der Waals surface area contributed by atoms with Gasteiger partial charge in [-0.2, -0.15) is 0 Å². The number of rotatable bonds is 5. The van der Waals surface area contributed by atoms with Crippen LogP contribution in [0.4, 0.5) is 10.2 Å². The zero-order valence-electron chi connectivity index (χ0n) is 13.9. The molecule has 0 amide bonds. The fourth-order valence-electron chi connectivity index (χ4n) is 2.53. The summed E-state index contributed by atoms with van der Waals surface area (Å²) in [6, 6.07) is 8.60. The number of hydrogen-bond donors (Lipinski definition) is 1. The third-order valence-electron chi connectivity index (χ3n) is 3.69. The van der Waals surface area contributed by atoms with E-state index in [-0.39, 0.29) is 17.6 Å². The van der Waals surface area contributed by atoms with Gasteiger partial charge in [0.2, 0.25) is 0 Å². The lowest BCUT2D eigenvalue weighted by Gasteiger charge is -2.17. The number of pyridine rings is 1. The number of nitrogens with zero attached hydrogens (tertiary/aromatic N) is 3. The Morgan fingerprint density at radius 3 is 2.83 bits per heavy atom. The van der Waals surface area contributed by atoms with E-state index in [1.807, 2.05) is 39.0 Å². The lowest BCUT2D eigenvalue weighted by atomic mass is 10.1. The highest BCUT2D eigenvalue weighted by atomic mass is 19.1. The second-order valence-corrected chi connectivity index (χ2v) is 5.48. The Morgan fingerprint density at radius 1 is 1.25 bits per heavy atom. The van der Waals surface area contributed by atoms with E-state index in [2.05, 4.69) is 20.3 Å². The van der Waals surface area contributed by atoms with Crippen LogP contribution in [0.3, 0.4) is 0 Å². The van der Waals surface area contributed by atoms with Crippen molar-refractivity contribution in [3.8, 4) is 5.75 Å². The zero-order chi connectivity index (χ0) is 17.1. The molecule has 3 aromatic rings. The topological polar surface area (TPSA) is 59.9 Å². The number of benzene rings is 1. The Kier molecular flexibility index (Phi) is 4.55. The van der Waals surface area contributed by atoms with Gasteiger partial charge in [-0.3, -0.25) is 0 Å². The molecule has 1 atom stereocenters. The molecule has 0 aliphatic rings. The molecular formula is C18H19FN4O. The molecule has 5 nitrogen and oxygen atoms in total. The molecule has 2 aromatic heterocycles. The van der Waals surface area contributed by atoms with Crippen molar-refractivity contribution in [2.75, 3.05) is 11.9 Å². The maximum absolute atomic E-state index is 14.1. The van der Waals surface area contributed by atoms with Gasteiger partial charge in [-0.05, 0) is 50.6 Å². The number of halogens is 1. The summed E-state index contributed by atoms with van der Waals surface area (Å²) in [5.41, 5.74) is 1.45. The number of ether oxygens (including phenoxy) is 1. The summed E-state index contributed by atoms with van der Waals surface area (Å²) in [6.45, 7) is 6.03. The lowest BCUT2D eigenvalue weighted by molar-refractivity contribution is 0.321. The Labute approximate surface area is 139 Å². The molecule has 1 N–H and O–H groups in total. The van der Waals surface area contributed by atoms with Crippen molar-refractivity contribution in [2.24, 2.45) is 0 Å². The first-order chi connectivity index (χ1) is 11.6. The van der Waals surface area contributed by atoms with Crippen LogP contribution in [-0.4, -0.2) is 21.6 Å². The predicted octanol–water partition coefficient (Wildman–Crippen LogP) is 4.04. The molecule has 0 saturated heterocycles. The van der Waals surface area contributed by atoms with E-state index >= 15 is 0 Å². The number of nitrogens with one attached hydrogen (secondary N) is 1. The molecule has 2 heterocycles. The third kappa shape index (κ3) is 3.27. The SMILES string of the molecule is CCOc1ccc([C@H](C)Nc2nc(C)nc3ncccc23)cc1F. The zero-order valence-corrected chi connectivity index (χ0v) is 13.9. The normalized spacial score (nSPS) is 12.2. The van der Waals surface area contributed by atoms with E-state index in [4.69, 9.17) is 4.74 Å². The first kappa shape index (κ1) is 16.1. The second-order valence-electron chi connectivity index (χ2n) is 5.48. The molecule has 0 bridgehead atoms. The first-order valence-electron chi connectivity index (χ1n) is 7.86. The van der Waals surface area contributed by atoms with Crippen LogP contribution in [0.2, 0.25) is 0 Å². The molecule has 0 saturated carbocycles. The summed E-state index contributed by atoms with van der Waals surface area (Å²) in [7, 11) is 0. The molecule has 0 spiro atoms. The van der Waals surface area contributed by atoms with Gasteiger partial charge < -0.3 is 10.1 Å². The van der Waals surface area contributed by atoms with Crippen LogP contribution in [0.5, 0.6) is 5.75 Å². The van der Waals surface area contributed by atoms with E-state index in [9.17, 15) is 4.39 Å². The quantitative estimate of drug-likeness (QED) is 0.766. The fraction of sp³-hybridized carbons (Fsp3) is 0.278. The van der Waals surface area contributed by atoms with E-state index in [0.29, 0.717) is 23.9 Å². The summed E-state index contributed by atoms with van der Waals surface area (Å²) < 4.78 is 19.3. The first-order valence-corrected chi connectivity index (χ1v) is 7.86. The third-order valence-corrected chi connectivity index (χ3v) is 3.69. The Morgan fingerprint density at radius 2 is 2.08 bits per heavy atom. The van der Waals surface area contributed by atoms with Crippen LogP contribution >= 0.6 is 0 Å². The van der Waals surface area contributed by atoms with Gasteiger partial charge in [0.25, 0.3) is 0 Å². The maximum Gasteiger partial charge on any atom is 0.165 e. The minimum atomic E-state index is -0.367. The molecule has 24 heavy (non-hydrogen) atoms. The minimum Gasteiger partial charge on any atom is -0.491 e. The Balaban J connectivity index is 1.90. The van der Waals surface area contributed by atoms with Crippen molar-refractivity contribution in [2.45, 2.75) is 26.8 Å². The summed E-state index contributed by atoms with van der Waals surface area (Å²) >= 11 is 0. The average molecular weight is 326 g/mol. The minimum absolute atomic E-state index is 0.132. The molecule has 0 unspecified atom stereocenters. The van der Waals surface area contributed by atoms with Gasteiger partial charge >= 0.3 is 0 Å². The number of fused-ring (bicyclic) bond motifs is 1. The van der Waals surface area contributed by atoms with E-state index in [1.165, 1.54) is 6.07 Å². The lowest BCUT2D eigenvalue weighted by Crippen LogP contribution is -2.10. The standard InChI is InChI=1S/C18H19FN4O/c1-4-24-16-8-7-13(10-15(16)19)11(2)21-18-14-6-5-9-20-17(14)22-12(3)23-18/h5-11H,4H2,1-3H3,(H,20,21,22,23)/t11-/m0/s1. The van der Waals surface area contributed by atoms with E-state index in [0.717, 1.165) is 10.9 Å². The van der Waals surface area contributed by atoms with Gasteiger partial charge in [0.15, 0.2) is 17.2 Å². The summed E-state index contributed by atoms with van der Waals surface area (Å²) in [4.78, 5) is 13.0. The smallest absolute Gasteiger partial charge is 0.165 e. The summed E-state index contributed by atoms with van der Waals surface area (Å²) in [5.74, 6) is 1.22. The van der Waals surface area contributed by atoms with Crippen LogP contribution in [0.1, 0.15) is 31.3 Å². The highest BCUT2D eigenvalue weighted by Gasteiger charge is 2.13. The van der Waals surface area contributed by atoms with Crippen molar-refractivity contribution in [3.05, 3.63) is 53.7 Å². The molecule has 6 heteroatoms. The van der Waals surface area contributed by atoms with Gasteiger partial charge in [0.05, 0.1) is 18.0 Å². The van der Waals surface area contributed by atoms with Crippen LogP contribution in [0, 0.1) is 12.7 Å². The van der Waals surface area contributed by atoms with E-state index < -0.39 is 0 Å². The molecule has 0 fully saturated rings. The fourth-order valence-corrected chi connectivity index (χ4v) is 2.53. The van der Waals surface area contributed by atoms with Crippen molar-refractivity contribution < 1.29 is 9.13 Å². The van der Waals surface area contributed by atoms with Gasteiger partial charge in [0.1, 0.15) is 11.6 Å². The molecular weight excluding hydrogens is 307 g/mol.